The van der Waals surface area contributed by atoms with Gasteiger partial charge in [-0.2, -0.15) is 0 Å². The quantitative estimate of drug-likeness (QED) is 0.865. The molecule has 0 aromatic heterocycles. The summed E-state index contributed by atoms with van der Waals surface area (Å²) in [5.41, 5.74) is 7.12. The summed E-state index contributed by atoms with van der Waals surface area (Å²) >= 11 is 0. The van der Waals surface area contributed by atoms with Crippen LogP contribution in [0, 0.1) is 0 Å². The van der Waals surface area contributed by atoms with E-state index in [0.717, 1.165) is 19.6 Å². The Morgan fingerprint density at radius 2 is 2.05 bits per heavy atom. The third kappa shape index (κ3) is 4.30. The van der Waals surface area contributed by atoms with E-state index in [1.54, 1.807) is 0 Å². The average Bonchev–Trinajstić information content (AvgIpc) is 2.46. The van der Waals surface area contributed by atoms with E-state index in [9.17, 15) is 0 Å². The van der Waals surface area contributed by atoms with Crippen LogP contribution >= 0.6 is 0 Å². The topological polar surface area (TPSA) is 32.5 Å². The van der Waals surface area contributed by atoms with Gasteiger partial charge in [0, 0.05) is 38.3 Å². The molecule has 0 bridgehead atoms. The molecular formula is C17H29N3. The van der Waals surface area contributed by atoms with Gasteiger partial charge in [-0.1, -0.05) is 30.3 Å². The lowest BCUT2D eigenvalue weighted by Crippen LogP contribution is -2.50. The van der Waals surface area contributed by atoms with Gasteiger partial charge in [0.05, 0.1) is 0 Å². The van der Waals surface area contributed by atoms with Crippen LogP contribution in [-0.2, 0) is 6.54 Å². The van der Waals surface area contributed by atoms with Gasteiger partial charge in [0.15, 0.2) is 0 Å². The number of benzene rings is 1. The third-order valence-corrected chi connectivity index (χ3v) is 4.27. The average molecular weight is 275 g/mol. The van der Waals surface area contributed by atoms with Gasteiger partial charge in [0.2, 0.25) is 0 Å². The predicted molar refractivity (Wildman–Crippen MR) is 85.6 cm³/mol. The van der Waals surface area contributed by atoms with Crippen molar-refractivity contribution in [1.29, 1.82) is 0 Å². The lowest BCUT2D eigenvalue weighted by atomic mass is 10.0. The van der Waals surface area contributed by atoms with Crippen molar-refractivity contribution in [3.8, 4) is 0 Å². The van der Waals surface area contributed by atoms with Crippen molar-refractivity contribution in [2.45, 2.75) is 45.3 Å². The largest absolute Gasteiger partial charge is 0.329 e. The van der Waals surface area contributed by atoms with Crippen molar-refractivity contribution in [3.05, 3.63) is 35.9 Å². The lowest BCUT2D eigenvalue weighted by molar-refractivity contribution is 0.0702. The highest BCUT2D eigenvalue weighted by Gasteiger charge is 2.26. The molecule has 1 aromatic carbocycles. The molecule has 2 rings (SSSR count). The zero-order valence-electron chi connectivity index (χ0n) is 13.0. The molecular weight excluding hydrogens is 246 g/mol. The number of nitrogens with zero attached hydrogens (tertiary/aromatic N) is 2. The molecule has 112 valence electrons. The van der Waals surface area contributed by atoms with Crippen LogP contribution in [0.1, 0.15) is 32.3 Å². The zero-order valence-corrected chi connectivity index (χ0v) is 13.0. The summed E-state index contributed by atoms with van der Waals surface area (Å²) in [5.74, 6) is 0. The van der Waals surface area contributed by atoms with Gasteiger partial charge >= 0.3 is 0 Å². The molecule has 0 aliphatic carbocycles. The highest BCUT2D eigenvalue weighted by molar-refractivity contribution is 5.14. The Kier molecular flexibility index (Phi) is 6.02. The Bertz CT molecular complexity index is 375. The first-order chi connectivity index (χ1) is 9.70. The van der Waals surface area contributed by atoms with Gasteiger partial charge in [0.25, 0.3) is 0 Å². The minimum atomic E-state index is 0.582. The van der Waals surface area contributed by atoms with Crippen molar-refractivity contribution < 1.29 is 0 Å². The van der Waals surface area contributed by atoms with Crippen LogP contribution in [0.25, 0.3) is 0 Å². The van der Waals surface area contributed by atoms with E-state index >= 15 is 0 Å². The first-order valence-corrected chi connectivity index (χ1v) is 7.92. The number of piperidine rings is 1. The summed E-state index contributed by atoms with van der Waals surface area (Å²) < 4.78 is 0. The summed E-state index contributed by atoms with van der Waals surface area (Å²) in [7, 11) is 0. The third-order valence-electron chi connectivity index (χ3n) is 4.27. The van der Waals surface area contributed by atoms with Crippen molar-refractivity contribution in [1.82, 2.24) is 9.80 Å². The molecule has 1 fully saturated rings. The van der Waals surface area contributed by atoms with Gasteiger partial charge in [0.1, 0.15) is 0 Å². The molecule has 1 aliphatic rings. The van der Waals surface area contributed by atoms with Crippen LogP contribution in [0.2, 0.25) is 0 Å². The minimum Gasteiger partial charge on any atom is -0.329 e. The molecule has 1 atom stereocenters. The Balaban J connectivity index is 2.00. The Morgan fingerprint density at radius 1 is 1.30 bits per heavy atom. The standard InChI is InChI=1S/C17H29N3/c1-15(2)20(13-16-7-4-3-5-8-16)17-9-6-11-19(14-17)12-10-18/h3-5,7-8,15,17H,6,9-14,18H2,1-2H3/t17-/m1/s1. The van der Waals surface area contributed by atoms with Crippen molar-refractivity contribution in [2.24, 2.45) is 5.73 Å². The number of nitrogens with two attached hydrogens (primary N) is 1. The van der Waals surface area contributed by atoms with Gasteiger partial charge in [-0.25, -0.2) is 0 Å². The first kappa shape index (κ1) is 15.5. The van der Waals surface area contributed by atoms with Crippen molar-refractivity contribution in [3.63, 3.8) is 0 Å². The number of hydrogen-bond acceptors (Lipinski definition) is 3. The van der Waals surface area contributed by atoms with Gasteiger partial charge in [-0.15, -0.1) is 0 Å². The molecule has 3 heteroatoms. The molecule has 0 amide bonds. The van der Waals surface area contributed by atoms with Crippen LogP contribution in [0.3, 0.4) is 0 Å². The maximum Gasteiger partial charge on any atom is 0.0239 e. The van der Waals surface area contributed by atoms with Crippen LogP contribution in [0.4, 0.5) is 0 Å². The van der Waals surface area contributed by atoms with Gasteiger partial charge < -0.3 is 10.6 Å². The summed E-state index contributed by atoms with van der Waals surface area (Å²) in [6, 6.07) is 12.1. The number of rotatable bonds is 6. The molecule has 0 saturated carbocycles. The molecule has 0 unspecified atom stereocenters. The second-order valence-corrected chi connectivity index (χ2v) is 6.14. The molecule has 1 heterocycles. The summed E-state index contributed by atoms with van der Waals surface area (Å²) in [6.45, 7) is 9.86. The van der Waals surface area contributed by atoms with Crippen LogP contribution in [0.15, 0.2) is 30.3 Å². The van der Waals surface area contributed by atoms with E-state index in [1.165, 1.54) is 31.5 Å². The molecule has 1 aromatic rings. The normalized spacial score (nSPS) is 20.8. The summed E-state index contributed by atoms with van der Waals surface area (Å²) in [5, 5.41) is 0. The molecule has 20 heavy (non-hydrogen) atoms. The molecule has 1 saturated heterocycles. The maximum atomic E-state index is 5.71. The van der Waals surface area contributed by atoms with Gasteiger partial charge in [-0.3, -0.25) is 4.90 Å². The second kappa shape index (κ2) is 7.77. The van der Waals surface area contributed by atoms with E-state index in [4.69, 9.17) is 5.73 Å². The fourth-order valence-electron chi connectivity index (χ4n) is 3.22. The molecule has 1 aliphatic heterocycles. The smallest absolute Gasteiger partial charge is 0.0239 e. The molecule has 2 N–H and O–H groups in total. The van der Waals surface area contributed by atoms with Crippen LogP contribution in [-0.4, -0.2) is 48.1 Å². The number of likely N-dealkylation sites (tertiary alicyclic amines) is 1. The minimum absolute atomic E-state index is 0.582. The predicted octanol–water partition coefficient (Wildman–Crippen LogP) is 2.32. The maximum absolute atomic E-state index is 5.71. The van der Waals surface area contributed by atoms with Crippen molar-refractivity contribution in [2.75, 3.05) is 26.2 Å². The molecule has 3 nitrogen and oxygen atoms in total. The number of hydrogen-bond donors (Lipinski definition) is 1. The Morgan fingerprint density at radius 3 is 2.70 bits per heavy atom. The van der Waals surface area contributed by atoms with Crippen molar-refractivity contribution >= 4 is 0 Å². The monoisotopic (exact) mass is 275 g/mol. The van der Waals surface area contributed by atoms with E-state index in [-0.39, 0.29) is 0 Å². The van der Waals surface area contributed by atoms with E-state index in [1.807, 2.05) is 0 Å². The van der Waals surface area contributed by atoms with E-state index < -0.39 is 0 Å². The Hall–Kier alpha value is -0.900. The highest BCUT2D eigenvalue weighted by Crippen LogP contribution is 2.20. The fraction of sp³-hybridized carbons (Fsp3) is 0.647. The summed E-state index contributed by atoms with van der Waals surface area (Å²) in [4.78, 5) is 5.17. The van der Waals surface area contributed by atoms with Crippen LogP contribution in [0.5, 0.6) is 0 Å². The molecule has 0 spiro atoms. The first-order valence-electron chi connectivity index (χ1n) is 7.92. The molecule has 0 radical (unpaired) electrons. The lowest BCUT2D eigenvalue weighted by Gasteiger charge is -2.41. The van der Waals surface area contributed by atoms with E-state index in [2.05, 4.69) is 54.0 Å². The summed E-state index contributed by atoms with van der Waals surface area (Å²) in [6.07, 6.45) is 2.61. The van der Waals surface area contributed by atoms with Crippen LogP contribution < -0.4 is 5.73 Å². The van der Waals surface area contributed by atoms with E-state index in [0.29, 0.717) is 12.1 Å². The zero-order chi connectivity index (χ0) is 14.4. The Labute approximate surface area is 123 Å². The highest BCUT2D eigenvalue weighted by atomic mass is 15.2. The second-order valence-electron chi connectivity index (χ2n) is 6.14. The SMILES string of the molecule is CC(C)N(Cc1ccccc1)[C@@H]1CCCN(CCN)C1. The van der Waals surface area contributed by atoms with Gasteiger partial charge in [-0.05, 0) is 38.8 Å². The fourth-order valence-corrected chi connectivity index (χ4v) is 3.22.